The Morgan fingerprint density at radius 2 is 2.00 bits per heavy atom. The Labute approximate surface area is 113 Å². The molecule has 0 spiro atoms. The van der Waals surface area contributed by atoms with Crippen LogP contribution in [0.4, 0.5) is 5.69 Å². The molecule has 2 N–H and O–H groups in total. The van der Waals surface area contributed by atoms with Gasteiger partial charge in [-0.15, -0.1) is 0 Å². The zero-order chi connectivity index (χ0) is 14.0. The predicted molar refractivity (Wildman–Crippen MR) is 74.8 cm³/mol. The highest BCUT2D eigenvalue weighted by molar-refractivity contribution is 5.89. The van der Waals surface area contributed by atoms with Crippen LogP contribution in [0.2, 0.25) is 0 Å². The summed E-state index contributed by atoms with van der Waals surface area (Å²) in [5.74, 6) is -0.902. The molecule has 0 heterocycles. The lowest BCUT2D eigenvalue weighted by atomic mass is 10.0. The fourth-order valence-electron chi connectivity index (χ4n) is 2.85. The van der Waals surface area contributed by atoms with Gasteiger partial charge < -0.3 is 15.1 Å². The molecule has 0 aliphatic heterocycles. The molecule has 0 aromatic heterocycles. The summed E-state index contributed by atoms with van der Waals surface area (Å²) >= 11 is 0. The maximum absolute atomic E-state index is 11.0. The van der Waals surface area contributed by atoms with Crippen LogP contribution in [0.1, 0.15) is 41.6 Å². The number of hydrogen-bond acceptors (Lipinski definition) is 3. The molecule has 1 saturated carbocycles. The third-order valence-corrected chi connectivity index (χ3v) is 3.95. The molecule has 0 atom stereocenters. The number of aromatic carboxylic acids is 1. The van der Waals surface area contributed by atoms with E-state index >= 15 is 0 Å². The van der Waals surface area contributed by atoms with Gasteiger partial charge >= 0.3 is 5.97 Å². The average molecular weight is 263 g/mol. The third kappa shape index (κ3) is 3.07. The van der Waals surface area contributed by atoms with Crippen molar-refractivity contribution in [2.24, 2.45) is 0 Å². The molecule has 1 aromatic carbocycles. The van der Waals surface area contributed by atoms with Gasteiger partial charge in [-0.05, 0) is 43.5 Å². The number of carbonyl (C=O) groups is 1. The van der Waals surface area contributed by atoms with E-state index in [1.165, 1.54) is 0 Å². The second-order valence-corrected chi connectivity index (χ2v) is 5.59. The Kier molecular flexibility index (Phi) is 3.80. The molecule has 1 aromatic rings. The van der Waals surface area contributed by atoms with Gasteiger partial charge in [0.1, 0.15) is 0 Å². The van der Waals surface area contributed by atoms with Crippen molar-refractivity contribution in [3.05, 3.63) is 29.3 Å². The van der Waals surface area contributed by atoms with E-state index in [4.69, 9.17) is 5.11 Å². The van der Waals surface area contributed by atoms with Crippen molar-refractivity contribution in [1.82, 2.24) is 0 Å². The highest BCUT2D eigenvalue weighted by Gasteiger charge is 2.32. The van der Waals surface area contributed by atoms with Crippen molar-refractivity contribution in [1.29, 1.82) is 0 Å². The number of rotatable bonds is 4. The number of likely N-dealkylation sites (N-methyl/N-ethyl adjacent to an activating group) is 1. The number of benzene rings is 1. The zero-order valence-corrected chi connectivity index (χ0v) is 11.5. The van der Waals surface area contributed by atoms with Crippen molar-refractivity contribution >= 4 is 11.7 Å². The van der Waals surface area contributed by atoms with E-state index in [1.54, 1.807) is 19.1 Å². The number of carboxylic acid groups (broad SMARTS) is 1. The van der Waals surface area contributed by atoms with Crippen LogP contribution < -0.4 is 4.90 Å². The molecule has 0 amide bonds. The first kappa shape index (κ1) is 13.9. The smallest absolute Gasteiger partial charge is 0.335 e. The van der Waals surface area contributed by atoms with E-state index in [9.17, 15) is 9.90 Å². The SMILES string of the molecule is Cc1cc(N(C)CC2(O)CCCC2)ccc1C(=O)O. The Balaban J connectivity index is 2.13. The lowest BCUT2D eigenvalue weighted by Gasteiger charge is -2.30. The van der Waals surface area contributed by atoms with Crippen LogP contribution >= 0.6 is 0 Å². The maximum Gasteiger partial charge on any atom is 0.335 e. The molecule has 0 saturated heterocycles. The van der Waals surface area contributed by atoms with Gasteiger partial charge in [-0.2, -0.15) is 0 Å². The third-order valence-electron chi connectivity index (χ3n) is 3.95. The largest absolute Gasteiger partial charge is 0.478 e. The second kappa shape index (κ2) is 5.21. The molecule has 1 fully saturated rings. The van der Waals surface area contributed by atoms with Crippen molar-refractivity contribution < 1.29 is 15.0 Å². The van der Waals surface area contributed by atoms with Crippen molar-refractivity contribution in [2.75, 3.05) is 18.5 Å². The second-order valence-electron chi connectivity index (χ2n) is 5.59. The van der Waals surface area contributed by atoms with Gasteiger partial charge in [-0.3, -0.25) is 0 Å². The van der Waals surface area contributed by atoms with E-state index in [0.717, 1.165) is 36.9 Å². The van der Waals surface area contributed by atoms with Crippen LogP contribution in [0, 0.1) is 6.92 Å². The normalized spacial score (nSPS) is 17.4. The lowest BCUT2D eigenvalue weighted by Crippen LogP contribution is -2.39. The number of nitrogens with zero attached hydrogens (tertiary/aromatic N) is 1. The minimum atomic E-state index is -0.902. The molecule has 104 valence electrons. The number of carboxylic acids is 1. The fraction of sp³-hybridized carbons (Fsp3) is 0.533. The molecule has 1 aliphatic carbocycles. The molecule has 19 heavy (non-hydrogen) atoms. The van der Waals surface area contributed by atoms with Crippen molar-refractivity contribution in [3.63, 3.8) is 0 Å². The van der Waals surface area contributed by atoms with Gasteiger partial charge in [0.25, 0.3) is 0 Å². The summed E-state index contributed by atoms with van der Waals surface area (Å²) in [5.41, 5.74) is 1.43. The minimum Gasteiger partial charge on any atom is -0.478 e. The van der Waals surface area contributed by atoms with E-state index in [2.05, 4.69) is 0 Å². The first-order chi connectivity index (χ1) is 8.91. The van der Waals surface area contributed by atoms with Crippen LogP contribution in [0.3, 0.4) is 0 Å². The Morgan fingerprint density at radius 3 is 2.53 bits per heavy atom. The Morgan fingerprint density at radius 1 is 1.37 bits per heavy atom. The van der Waals surface area contributed by atoms with Gasteiger partial charge in [-0.1, -0.05) is 12.8 Å². The molecule has 0 bridgehead atoms. The highest BCUT2D eigenvalue weighted by Crippen LogP contribution is 2.31. The molecular weight excluding hydrogens is 242 g/mol. The Hall–Kier alpha value is -1.55. The van der Waals surface area contributed by atoms with E-state index < -0.39 is 11.6 Å². The van der Waals surface area contributed by atoms with E-state index in [0.29, 0.717) is 12.1 Å². The van der Waals surface area contributed by atoms with Crippen LogP contribution in [-0.2, 0) is 0 Å². The number of aryl methyl sites for hydroxylation is 1. The molecule has 4 heteroatoms. The highest BCUT2D eigenvalue weighted by atomic mass is 16.4. The monoisotopic (exact) mass is 263 g/mol. The summed E-state index contributed by atoms with van der Waals surface area (Å²) in [4.78, 5) is 13.0. The summed E-state index contributed by atoms with van der Waals surface area (Å²) in [6.45, 7) is 2.39. The maximum atomic E-state index is 11.0. The zero-order valence-electron chi connectivity index (χ0n) is 11.5. The van der Waals surface area contributed by atoms with Gasteiger partial charge in [0, 0.05) is 19.3 Å². The number of aliphatic hydroxyl groups is 1. The first-order valence-electron chi connectivity index (χ1n) is 6.69. The van der Waals surface area contributed by atoms with Crippen LogP contribution in [0.15, 0.2) is 18.2 Å². The van der Waals surface area contributed by atoms with Crippen LogP contribution in [-0.4, -0.2) is 35.4 Å². The molecular formula is C15H21NO3. The number of anilines is 1. The van der Waals surface area contributed by atoms with Gasteiger partial charge in [0.05, 0.1) is 11.2 Å². The molecule has 0 unspecified atom stereocenters. The van der Waals surface area contributed by atoms with Gasteiger partial charge in [0.15, 0.2) is 0 Å². The molecule has 2 rings (SSSR count). The summed E-state index contributed by atoms with van der Waals surface area (Å²) in [6, 6.07) is 5.29. The summed E-state index contributed by atoms with van der Waals surface area (Å²) in [7, 11) is 1.94. The van der Waals surface area contributed by atoms with Gasteiger partial charge in [0.2, 0.25) is 0 Å². The quantitative estimate of drug-likeness (QED) is 0.876. The number of hydrogen-bond donors (Lipinski definition) is 2. The summed E-state index contributed by atoms with van der Waals surface area (Å²) in [6.07, 6.45) is 3.87. The molecule has 1 aliphatic rings. The summed E-state index contributed by atoms with van der Waals surface area (Å²) < 4.78 is 0. The lowest BCUT2D eigenvalue weighted by molar-refractivity contribution is 0.0558. The van der Waals surface area contributed by atoms with Gasteiger partial charge in [-0.25, -0.2) is 4.79 Å². The van der Waals surface area contributed by atoms with Crippen LogP contribution in [0.25, 0.3) is 0 Å². The van der Waals surface area contributed by atoms with Crippen molar-refractivity contribution in [3.8, 4) is 0 Å². The summed E-state index contributed by atoms with van der Waals surface area (Å²) in [5, 5.41) is 19.4. The first-order valence-corrected chi connectivity index (χ1v) is 6.69. The van der Waals surface area contributed by atoms with Crippen LogP contribution in [0.5, 0.6) is 0 Å². The van der Waals surface area contributed by atoms with E-state index in [1.807, 2.05) is 18.0 Å². The fourth-order valence-corrected chi connectivity index (χ4v) is 2.85. The average Bonchev–Trinajstić information content (AvgIpc) is 2.75. The topological polar surface area (TPSA) is 60.8 Å². The predicted octanol–water partition coefficient (Wildman–Crippen LogP) is 2.43. The standard InChI is InChI=1S/C15H21NO3/c1-11-9-12(5-6-13(11)14(17)18)16(2)10-15(19)7-3-4-8-15/h5-6,9,19H,3-4,7-8,10H2,1-2H3,(H,17,18). The minimum absolute atomic E-state index is 0.330. The van der Waals surface area contributed by atoms with E-state index in [-0.39, 0.29) is 0 Å². The molecule has 0 radical (unpaired) electrons. The molecule has 4 nitrogen and oxygen atoms in total. The Bertz CT molecular complexity index is 478. The van der Waals surface area contributed by atoms with Crippen molar-refractivity contribution in [2.45, 2.75) is 38.2 Å².